The Kier molecular flexibility index (Phi) is 24.9. The van der Waals surface area contributed by atoms with Crippen molar-refractivity contribution in [3.05, 3.63) is 6.92 Å². The molecular weight excluding hydrogens is 292 g/mol. The van der Waals surface area contributed by atoms with Crippen LogP contribution in [0.1, 0.15) is 72.6 Å². The number of aliphatic hydroxyl groups excluding tert-OH is 1. The van der Waals surface area contributed by atoms with E-state index in [-0.39, 0.29) is 33.9 Å². The molecule has 0 fully saturated rings. The molecule has 122 valence electrons. The Morgan fingerprint density at radius 2 is 1.60 bits per heavy atom. The smallest absolute Gasteiger partial charge is 0.0983 e. The second-order valence-electron chi connectivity index (χ2n) is 5.43. The first-order chi connectivity index (χ1) is 8.97. The van der Waals surface area contributed by atoms with Crippen molar-refractivity contribution in [2.24, 2.45) is 0 Å². The number of hydrogen-bond acceptors (Lipinski definition) is 4. The second-order valence-corrected chi connectivity index (χ2v) is 5.43. The fourth-order valence-electron chi connectivity index (χ4n) is 1.06. The summed E-state index contributed by atoms with van der Waals surface area (Å²) in [6, 6.07) is 0. The molecule has 0 rings (SSSR count). The van der Waals surface area contributed by atoms with Gasteiger partial charge in [0.15, 0.2) is 0 Å². The molecule has 1 N–H and O–H groups in total. The molecule has 20 heavy (non-hydrogen) atoms. The van der Waals surface area contributed by atoms with Crippen LogP contribution in [0.25, 0.3) is 0 Å². The van der Waals surface area contributed by atoms with Gasteiger partial charge in [-0.05, 0) is 27.2 Å². The minimum atomic E-state index is -0.362. The van der Waals surface area contributed by atoms with E-state index in [1.54, 1.807) is 0 Å². The molecule has 0 spiro atoms. The minimum absolute atomic E-state index is 0. The van der Waals surface area contributed by atoms with Gasteiger partial charge in [0, 0.05) is 28.3 Å². The van der Waals surface area contributed by atoms with Crippen LogP contribution < -0.4 is 0 Å². The van der Waals surface area contributed by atoms with E-state index >= 15 is 0 Å². The van der Waals surface area contributed by atoms with E-state index in [9.17, 15) is 0 Å². The van der Waals surface area contributed by atoms with Gasteiger partial charge in [0.05, 0.1) is 12.2 Å². The predicted molar refractivity (Wildman–Crippen MR) is 78.3 cm³/mol. The molecule has 0 amide bonds. The standard InChI is InChI=1S/C8H17.C7H16O4.Ti/c1-3-5-7-8-6-4-2;1-7(2,3)10-11-9-6-4-5-8;/h1,3-8H2,2H3;8H,4-6H2,1-3H3;/q-1;;. The van der Waals surface area contributed by atoms with E-state index in [0.29, 0.717) is 13.0 Å². The van der Waals surface area contributed by atoms with Crippen molar-refractivity contribution >= 4 is 0 Å². The summed E-state index contributed by atoms with van der Waals surface area (Å²) in [5.41, 5.74) is -0.362. The summed E-state index contributed by atoms with van der Waals surface area (Å²) in [7, 11) is 0. The van der Waals surface area contributed by atoms with Gasteiger partial charge in [0.1, 0.15) is 0 Å². The van der Waals surface area contributed by atoms with Gasteiger partial charge in [0.2, 0.25) is 0 Å². The Hall–Kier alpha value is 0.554. The number of rotatable bonds is 10. The van der Waals surface area contributed by atoms with Crippen molar-refractivity contribution in [1.29, 1.82) is 0 Å². The monoisotopic (exact) mass is 325 g/mol. The topological polar surface area (TPSA) is 47.9 Å². The van der Waals surface area contributed by atoms with Crippen LogP contribution in [0.3, 0.4) is 0 Å². The van der Waals surface area contributed by atoms with Gasteiger partial charge >= 0.3 is 0 Å². The van der Waals surface area contributed by atoms with Gasteiger partial charge in [-0.1, -0.05) is 44.1 Å². The first-order valence-corrected chi connectivity index (χ1v) is 7.35. The molecule has 0 aliphatic carbocycles. The molecule has 4 nitrogen and oxygen atoms in total. The van der Waals surface area contributed by atoms with Crippen LogP contribution in [0.4, 0.5) is 0 Å². The second kappa shape index (κ2) is 19.6. The summed E-state index contributed by atoms with van der Waals surface area (Å²) >= 11 is 0. The quantitative estimate of drug-likeness (QED) is 0.215. The Bertz CT molecular complexity index is 154. The molecule has 0 aliphatic heterocycles. The van der Waals surface area contributed by atoms with Crippen LogP contribution in [0.2, 0.25) is 0 Å². The van der Waals surface area contributed by atoms with Crippen LogP contribution in [0, 0.1) is 6.92 Å². The Morgan fingerprint density at radius 3 is 2.05 bits per heavy atom. The van der Waals surface area contributed by atoms with E-state index < -0.39 is 0 Å². The molecule has 0 radical (unpaired) electrons. The van der Waals surface area contributed by atoms with Gasteiger partial charge in [-0.3, -0.25) is 0 Å². The van der Waals surface area contributed by atoms with E-state index in [4.69, 9.17) is 9.99 Å². The van der Waals surface area contributed by atoms with Gasteiger partial charge < -0.3 is 12.0 Å². The van der Waals surface area contributed by atoms with E-state index in [1.807, 2.05) is 20.8 Å². The average Bonchev–Trinajstić information content (AvgIpc) is 2.34. The van der Waals surface area contributed by atoms with Crippen LogP contribution in [0.5, 0.6) is 0 Å². The zero-order valence-electron chi connectivity index (χ0n) is 13.7. The normalized spacial score (nSPS) is 10.5. The van der Waals surface area contributed by atoms with Gasteiger partial charge in [0.25, 0.3) is 0 Å². The first kappa shape index (κ1) is 25.5. The molecule has 0 bridgehead atoms. The number of aliphatic hydroxyl groups is 1. The van der Waals surface area contributed by atoms with Crippen LogP contribution in [0.15, 0.2) is 0 Å². The fourth-order valence-corrected chi connectivity index (χ4v) is 1.06. The predicted octanol–water partition coefficient (Wildman–Crippen LogP) is 4.23. The molecular formula is C15H33O4Ti-. The van der Waals surface area contributed by atoms with E-state index in [2.05, 4.69) is 23.8 Å². The Labute approximate surface area is 140 Å². The average molecular weight is 325 g/mol. The molecule has 5 heteroatoms. The number of unbranched alkanes of at least 4 members (excludes halogenated alkanes) is 5. The zero-order valence-corrected chi connectivity index (χ0v) is 15.3. The van der Waals surface area contributed by atoms with Crippen molar-refractivity contribution in [2.75, 3.05) is 13.2 Å². The summed E-state index contributed by atoms with van der Waals surface area (Å²) in [5.74, 6) is 0. The number of hydrogen-bond donors (Lipinski definition) is 1. The third-order valence-electron chi connectivity index (χ3n) is 2.07. The third kappa shape index (κ3) is 31.1. The van der Waals surface area contributed by atoms with Crippen LogP contribution >= 0.6 is 0 Å². The van der Waals surface area contributed by atoms with Gasteiger partial charge in [-0.15, -0.1) is 0 Å². The van der Waals surface area contributed by atoms with E-state index in [1.165, 1.54) is 32.1 Å². The summed E-state index contributed by atoms with van der Waals surface area (Å²) in [5, 5.41) is 12.7. The summed E-state index contributed by atoms with van der Waals surface area (Å²) in [6.45, 7) is 12.0. The molecule has 0 aromatic carbocycles. The van der Waals surface area contributed by atoms with Crippen LogP contribution in [-0.2, 0) is 36.5 Å². The van der Waals surface area contributed by atoms with Crippen molar-refractivity contribution in [3.8, 4) is 0 Å². The Morgan fingerprint density at radius 1 is 1.00 bits per heavy atom. The molecule has 0 saturated carbocycles. The van der Waals surface area contributed by atoms with Gasteiger partial charge in [-0.25, -0.2) is 9.78 Å². The molecule has 0 aromatic heterocycles. The molecule has 0 saturated heterocycles. The molecule has 0 aliphatic rings. The van der Waals surface area contributed by atoms with E-state index in [0.717, 1.165) is 6.42 Å². The molecule has 0 unspecified atom stereocenters. The first-order valence-electron chi connectivity index (χ1n) is 7.35. The van der Waals surface area contributed by atoms with Crippen LogP contribution in [-0.4, -0.2) is 23.9 Å². The van der Waals surface area contributed by atoms with Crippen molar-refractivity contribution < 1.29 is 41.6 Å². The maximum Gasteiger partial charge on any atom is 0.0983 e. The maximum atomic E-state index is 8.35. The third-order valence-corrected chi connectivity index (χ3v) is 2.07. The van der Waals surface area contributed by atoms with Crippen molar-refractivity contribution in [1.82, 2.24) is 0 Å². The zero-order chi connectivity index (χ0) is 15.0. The van der Waals surface area contributed by atoms with Crippen molar-refractivity contribution in [2.45, 2.75) is 78.2 Å². The minimum Gasteiger partial charge on any atom is -0.396 e. The largest absolute Gasteiger partial charge is 0.396 e. The Balaban J connectivity index is -0.000000288. The van der Waals surface area contributed by atoms with Crippen molar-refractivity contribution in [3.63, 3.8) is 0 Å². The fraction of sp³-hybridized carbons (Fsp3) is 0.933. The van der Waals surface area contributed by atoms with Gasteiger partial charge in [-0.2, -0.15) is 6.42 Å². The SMILES string of the molecule is CC(C)(C)OOOCCCO.[CH2-]CCCCCCC.[Ti]. The summed E-state index contributed by atoms with van der Waals surface area (Å²) in [6.07, 6.45) is 8.53. The summed E-state index contributed by atoms with van der Waals surface area (Å²) in [4.78, 5) is 9.34. The maximum absolute atomic E-state index is 8.35. The molecule has 0 heterocycles. The molecule has 0 aromatic rings. The molecule has 0 atom stereocenters. The summed E-state index contributed by atoms with van der Waals surface area (Å²) < 4.78 is 0.